The number of carbonyl (C=O) groups excluding carboxylic acids is 1. The van der Waals surface area contributed by atoms with Crippen LogP contribution in [0.4, 0.5) is 5.69 Å². The summed E-state index contributed by atoms with van der Waals surface area (Å²) in [5.41, 5.74) is 3.10. The topological polar surface area (TPSA) is 70.0 Å². The largest absolute Gasteiger partial charge is 0.478 e. The van der Waals surface area contributed by atoms with Crippen molar-refractivity contribution in [1.29, 1.82) is 0 Å². The number of aryl methyl sites for hydroxylation is 1. The summed E-state index contributed by atoms with van der Waals surface area (Å²) in [6.45, 7) is 6.15. The maximum Gasteiger partial charge on any atom is 0.335 e. The number of aromatic carboxylic acids is 1. The summed E-state index contributed by atoms with van der Waals surface area (Å²) in [5, 5.41) is 9.38. The Kier molecular flexibility index (Phi) is 5.76. The van der Waals surface area contributed by atoms with Crippen LogP contribution in [0.15, 0.2) is 66.2 Å². The molecule has 1 fully saturated rings. The molecule has 0 unspecified atom stereocenters. The van der Waals surface area contributed by atoms with Crippen LogP contribution >= 0.6 is 11.8 Å². The first-order valence-corrected chi connectivity index (χ1v) is 9.42. The van der Waals surface area contributed by atoms with Crippen molar-refractivity contribution in [3.63, 3.8) is 0 Å². The molecule has 0 bridgehead atoms. The van der Waals surface area contributed by atoms with Gasteiger partial charge in [0.15, 0.2) is 5.17 Å². The van der Waals surface area contributed by atoms with Gasteiger partial charge < -0.3 is 5.11 Å². The average molecular weight is 380 g/mol. The highest BCUT2D eigenvalue weighted by atomic mass is 32.2. The number of amidine groups is 1. The van der Waals surface area contributed by atoms with Gasteiger partial charge in [0.05, 0.1) is 16.5 Å². The van der Waals surface area contributed by atoms with Crippen molar-refractivity contribution in [3.05, 3.63) is 77.9 Å². The Morgan fingerprint density at radius 1 is 1.30 bits per heavy atom. The van der Waals surface area contributed by atoms with E-state index in [1.165, 1.54) is 29.5 Å². The lowest BCUT2D eigenvalue weighted by Gasteiger charge is -2.14. The van der Waals surface area contributed by atoms with E-state index < -0.39 is 5.97 Å². The highest BCUT2D eigenvalue weighted by Gasteiger charge is 2.37. The molecular weight excluding hydrogens is 360 g/mol. The average Bonchev–Trinajstić information content (AvgIpc) is 2.91. The van der Waals surface area contributed by atoms with Crippen molar-refractivity contribution in [3.8, 4) is 0 Å². The fraction of sp³-hybridized carbons (Fsp3) is 0.190. The van der Waals surface area contributed by atoms with Crippen molar-refractivity contribution in [2.24, 2.45) is 4.99 Å². The number of nitrogens with zero attached hydrogens (tertiary/aromatic N) is 2. The number of amides is 1. The fourth-order valence-electron chi connectivity index (χ4n) is 2.86. The van der Waals surface area contributed by atoms with Gasteiger partial charge in [-0.05, 0) is 43.2 Å². The Balaban J connectivity index is 1.84. The number of thioether (sulfide) groups is 1. The van der Waals surface area contributed by atoms with Gasteiger partial charge in [0.25, 0.3) is 0 Å². The van der Waals surface area contributed by atoms with Crippen LogP contribution in [-0.4, -0.2) is 38.8 Å². The standard InChI is InChI=1S/C21H20N2O3S/c1-3-11-23-19(24)18(13-15-6-4-5-14(2)12-15)27-21(23)22-17-9-7-16(8-10-17)20(25)26/h3-10,12,18H,1,11,13H2,2H3,(H,25,26)/t18-/m0/s1. The van der Waals surface area contributed by atoms with E-state index in [1.807, 2.05) is 25.1 Å². The van der Waals surface area contributed by atoms with Crippen molar-refractivity contribution in [1.82, 2.24) is 4.90 Å². The maximum absolute atomic E-state index is 12.8. The smallest absolute Gasteiger partial charge is 0.335 e. The third kappa shape index (κ3) is 4.46. The van der Waals surface area contributed by atoms with Crippen molar-refractivity contribution < 1.29 is 14.7 Å². The van der Waals surface area contributed by atoms with E-state index in [0.29, 0.717) is 23.8 Å². The number of carbonyl (C=O) groups is 2. The van der Waals surface area contributed by atoms with Gasteiger partial charge in [0.1, 0.15) is 0 Å². The number of hydrogen-bond donors (Lipinski definition) is 1. The zero-order valence-electron chi connectivity index (χ0n) is 15.0. The maximum atomic E-state index is 12.8. The first kappa shape index (κ1) is 18.9. The van der Waals surface area contributed by atoms with E-state index in [2.05, 4.69) is 17.6 Å². The highest BCUT2D eigenvalue weighted by molar-refractivity contribution is 8.15. The predicted molar refractivity (Wildman–Crippen MR) is 109 cm³/mol. The molecule has 0 radical (unpaired) electrons. The molecule has 1 amide bonds. The minimum atomic E-state index is -0.980. The van der Waals surface area contributed by atoms with Gasteiger partial charge >= 0.3 is 5.97 Å². The molecule has 1 heterocycles. The number of aliphatic imine (C=N–C) groups is 1. The summed E-state index contributed by atoms with van der Waals surface area (Å²) in [6.07, 6.45) is 2.31. The van der Waals surface area contributed by atoms with Crippen LogP contribution in [0.25, 0.3) is 0 Å². The Hall–Kier alpha value is -2.86. The normalized spacial score (nSPS) is 18.1. The molecule has 1 aliphatic heterocycles. The van der Waals surface area contributed by atoms with Crippen LogP contribution in [-0.2, 0) is 11.2 Å². The lowest BCUT2D eigenvalue weighted by molar-refractivity contribution is -0.125. The molecule has 1 aliphatic rings. The van der Waals surface area contributed by atoms with Gasteiger partial charge in [0, 0.05) is 6.54 Å². The van der Waals surface area contributed by atoms with Gasteiger partial charge in [-0.1, -0.05) is 47.7 Å². The second-order valence-corrected chi connectivity index (χ2v) is 7.45. The molecule has 3 rings (SSSR count). The van der Waals surface area contributed by atoms with Crippen molar-refractivity contribution in [2.75, 3.05) is 6.54 Å². The van der Waals surface area contributed by atoms with Crippen LogP contribution in [0.5, 0.6) is 0 Å². The second kappa shape index (κ2) is 8.22. The minimum absolute atomic E-state index is 0.0160. The van der Waals surface area contributed by atoms with Crippen LogP contribution in [0.3, 0.4) is 0 Å². The molecule has 2 aromatic rings. The Morgan fingerprint density at radius 3 is 2.67 bits per heavy atom. The van der Waals surface area contributed by atoms with Gasteiger partial charge in [-0.2, -0.15) is 0 Å². The van der Waals surface area contributed by atoms with Gasteiger partial charge in [-0.25, -0.2) is 9.79 Å². The molecule has 1 saturated heterocycles. The SMILES string of the molecule is C=CCN1C(=O)[C@H](Cc2cccc(C)c2)SC1=Nc1ccc(C(=O)O)cc1. The van der Waals surface area contributed by atoms with Crippen LogP contribution in [0, 0.1) is 6.92 Å². The third-order valence-corrected chi connectivity index (χ3v) is 5.35. The molecule has 6 heteroatoms. The monoisotopic (exact) mass is 380 g/mol. The quantitative estimate of drug-likeness (QED) is 0.768. The summed E-state index contributed by atoms with van der Waals surface area (Å²) in [7, 11) is 0. The van der Waals surface area contributed by atoms with Gasteiger partial charge in [0.2, 0.25) is 5.91 Å². The zero-order chi connectivity index (χ0) is 19.4. The number of rotatable bonds is 6. The molecule has 5 nitrogen and oxygen atoms in total. The van der Waals surface area contributed by atoms with E-state index in [0.717, 1.165) is 5.56 Å². The summed E-state index contributed by atoms with van der Waals surface area (Å²) in [4.78, 5) is 30.0. The number of carboxylic acid groups (broad SMARTS) is 1. The molecule has 0 aromatic heterocycles. The second-order valence-electron chi connectivity index (χ2n) is 6.28. The fourth-order valence-corrected chi connectivity index (χ4v) is 4.07. The van der Waals surface area contributed by atoms with Crippen LogP contribution in [0.1, 0.15) is 21.5 Å². The molecule has 138 valence electrons. The number of hydrogen-bond acceptors (Lipinski definition) is 4. The zero-order valence-corrected chi connectivity index (χ0v) is 15.8. The van der Waals surface area contributed by atoms with Crippen LogP contribution < -0.4 is 0 Å². The molecule has 1 N–H and O–H groups in total. The predicted octanol–water partition coefficient (Wildman–Crippen LogP) is 4.05. The van der Waals surface area contributed by atoms with Gasteiger partial charge in [-0.15, -0.1) is 6.58 Å². The summed E-state index contributed by atoms with van der Waals surface area (Å²) < 4.78 is 0. The highest BCUT2D eigenvalue weighted by Crippen LogP contribution is 2.32. The Morgan fingerprint density at radius 2 is 2.04 bits per heavy atom. The number of benzene rings is 2. The first-order chi connectivity index (χ1) is 13.0. The minimum Gasteiger partial charge on any atom is -0.478 e. The molecule has 0 saturated carbocycles. The van der Waals surface area contributed by atoms with Crippen LogP contribution in [0.2, 0.25) is 0 Å². The lowest BCUT2D eigenvalue weighted by Crippen LogP contribution is -2.32. The summed E-state index contributed by atoms with van der Waals surface area (Å²) >= 11 is 1.44. The Bertz CT molecular complexity index is 906. The van der Waals surface area contributed by atoms with E-state index >= 15 is 0 Å². The lowest BCUT2D eigenvalue weighted by atomic mass is 10.1. The van der Waals surface area contributed by atoms with E-state index in [1.54, 1.807) is 23.1 Å². The van der Waals surface area contributed by atoms with Crippen molar-refractivity contribution >= 4 is 34.5 Å². The molecule has 1 atom stereocenters. The molecular formula is C21H20N2O3S. The van der Waals surface area contributed by atoms with E-state index in [9.17, 15) is 9.59 Å². The summed E-state index contributed by atoms with van der Waals surface area (Å²) in [6, 6.07) is 14.4. The molecule has 0 spiro atoms. The molecule has 2 aromatic carbocycles. The Labute approximate surface area is 162 Å². The third-order valence-electron chi connectivity index (χ3n) is 4.17. The summed E-state index contributed by atoms with van der Waals surface area (Å²) in [5.74, 6) is -0.964. The molecule has 27 heavy (non-hydrogen) atoms. The first-order valence-electron chi connectivity index (χ1n) is 8.54. The van der Waals surface area contributed by atoms with E-state index in [4.69, 9.17) is 5.11 Å². The number of carboxylic acids is 1. The van der Waals surface area contributed by atoms with Crippen molar-refractivity contribution in [2.45, 2.75) is 18.6 Å². The molecule has 0 aliphatic carbocycles. The van der Waals surface area contributed by atoms with Gasteiger partial charge in [-0.3, -0.25) is 9.69 Å². The van der Waals surface area contributed by atoms with E-state index in [-0.39, 0.29) is 16.7 Å².